The number of imidazole rings is 1. The average molecular weight is 453 g/mol. The molecule has 0 unspecified atom stereocenters. The fourth-order valence-corrected chi connectivity index (χ4v) is 4.23. The van der Waals surface area contributed by atoms with Crippen LogP contribution in [0.2, 0.25) is 5.02 Å². The molecule has 0 atom stereocenters. The van der Waals surface area contributed by atoms with E-state index in [0.29, 0.717) is 41.2 Å². The first-order valence-electron chi connectivity index (χ1n) is 10.4. The minimum absolute atomic E-state index is 0.0713. The van der Waals surface area contributed by atoms with Crippen molar-refractivity contribution in [2.45, 2.75) is 13.1 Å². The number of hydrogen-bond acceptors (Lipinski definition) is 5. The summed E-state index contributed by atoms with van der Waals surface area (Å²) in [5.74, 6) is -0.532. The molecule has 164 valence electrons. The summed E-state index contributed by atoms with van der Waals surface area (Å²) in [5.41, 5.74) is 1.98. The molecule has 5 rings (SSSR count). The Bertz CT molecular complexity index is 1400. The van der Waals surface area contributed by atoms with Crippen LogP contribution in [0, 0.1) is 0 Å². The van der Waals surface area contributed by atoms with Crippen molar-refractivity contribution in [3.8, 4) is 0 Å². The van der Waals surface area contributed by atoms with Gasteiger partial charge in [-0.3, -0.25) is 18.9 Å². The van der Waals surface area contributed by atoms with E-state index in [9.17, 15) is 14.4 Å². The summed E-state index contributed by atoms with van der Waals surface area (Å²) < 4.78 is 6.73. The van der Waals surface area contributed by atoms with Gasteiger partial charge in [0.25, 0.3) is 5.91 Å². The van der Waals surface area contributed by atoms with Gasteiger partial charge in [0.2, 0.25) is 5.43 Å². The number of ether oxygens (including phenoxy) is 1. The summed E-state index contributed by atoms with van der Waals surface area (Å²) in [5, 5.41) is 3.71. The molecule has 0 saturated carbocycles. The summed E-state index contributed by atoms with van der Waals surface area (Å²) >= 11 is 5.89. The van der Waals surface area contributed by atoms with Crippen molar-refractivity contribution in [2.75, 3.05) is 26.3 Å². The summed E-state index contributed by atoms with van der Waals surface area (Å²) in [4.78, 5) is 43.6. The van der Waals surface area contributed by atoms with E-state index in [1.165, 1.54) is 10.6 Å². The van der Waals surface area contributed by atoms with Crippen molar-refractivity contribution >= 4 is 33.9 Å². The van der Waals surface area contributed by atoms with E-state index in [1.807, 2.05) is 6.07 Å². The zero-order valence-corrected chi connectivity index (χ0v) is 17.9. The van der Waals surface area contributed by atoms with Crippen LogP contribution in [0.15, 0.2) is 52.2 Å². The Hall–Kier alpha value is -3.20. The maximum absolute atomic E-state index is 13.2. The van der Waals surface area contributed by atoms with Crippen LogP contribution in [0.25, 0.3) is 16.4 Å². The molecule has 1 aliphatic rings. The Balaban J connectivity index is 1.50. The van der Waals surface area contributed by atoms with Crippen molar-refractivity contribution in [3.05, 3.63) is 85.0 Å². The second kappa shape index (κ2) is 8.38. The standard InChI is InChI=1S/C23H21ClN4O4/c24-16-3-1-14(2-4-16)11-25-22(30)18-13-28-20-17(21(18)29)9-15(10-19(20)26-23(28)31)12-27-5-7-32-8-6-27/h1-4,9-10,13H,5-8,11-12H2,(H,25,30)(H,26,31). The fraction of sp³-hybridized carbons (Fsp3) is 0.261. The number of nitrogens with one attached hydrogen (secondary N) is 2. The van der Waals surface area contributed by atoms with Crippen LogP contribution in [-0.4, -0.2) is 46.5 Å². The van der Waals surface area contributed by atoms with E-state index < -0.39 is 11.3 Å². The smallest absolute Gasteiger partial charge is 0.330 e. The van der Waals surface area contributed by atoms with E-state index in [4.69, 9.17) is 16.3 Å². The second-order valence-corrected chi connectivity index (χ2v) is 8.35. The Kier molecular flexibility index (Phi) is 5.42. The van der Waals surface area contributed by atoms with E-state index >= 15 is 0 Å². The van der Waals surface area contributed by atoms with Gasteiger partial charge in [0.05, 0.1) is 24.2 Å². The largest absolute Gasteiger partial charge is 0.379 e. The number of hydrogen-bond donors (Lipinski definition) is 2. The predicted molar refractivity (Wildman–Crippen MR) is 122 cm³/mol. The molecule has 32 heavy (non-hydrogen) atoms. The van der Waals surface area contributed by atoms with Crippen LogP contribution in [0.4, 0.5) is 0 Å². The van der Waals surface area contributed by atoms with Crippen LogP contribution in [0.3, 0.4) is 0 Å². The highest BCUT2D eigenvalue weighted by Gasteiger charge is 2.20. The monoisotopic (exact) mass is 452 g/mol. The molecule has 1 fully saturated rings. The van der Waals surface area contributed by atoms with Gasteiger partial charge in [0.1, 0.15) is 5.56 Å². The molecule has 1 aliphatic heterocycles. The van der Waals surface area contributed by atoms with E-state index in [2.05, 4.69) is 15.2 Å². The van der Waals surface area contributed by atoms with Gasteiger partial charge in [-0.2, -0.15) is 0 Å². The van der Waals surface area contributed by atoms with Crippen LogP contribution < -0.4 is 16.4 Å². The SMILES string of the molecule is O=C(NCc1ccc(Cl)cc1)c1cn2c(=O)[nH]c3cc(CN4CCOCC4)cc(c1=O)c32. The number of aromatic amines is 1. The number of morpholine rings is 1. The van der Waals surface area contributed by atoms with E-state index in [0.717, 1.165) is 24.2 Å². The minimum Gasteiger partial charge on any atom is -0.379 e. The van der Waals surface area contributed by atoms with Gasteiger partial charge in [-0.25, -0.2) is 4.79 Å². The highest BCUT2D eigenvalue weighted by atomic mass is 35.5. The summed E-state index contributed by atoms with van der Waals surface area (Å²) in [6.45, 7) is 3.81. The van der Waals surface area contributed by atoms with Gasteiger partial charge in [0.15, 0.2) is 0 Å². The molecule has 4 aromatic rings. The molecular weight excluding hydrogens is 432 g/mol. The fourth-order valence-electron chi connectivity index (χ4n) is 4.11. The molecule has 2 aromatic heterocycles. The molecule has 8 nitrogen and oxygen atoms in total. The topological polar surface area (TPSA) is 95.9 Å². The highest BCUT2D eigenvalue weighted by molar-refractivity contribution is 6.30. The first kappa shape index (κ1) is 20.7. The molecule has 1 amide bonds. The molecule has 0 bridgehead atoms. The normalized spacial score (nSPS) is 14.9. The van der Waals surface area contributed by atoms with E-state index in [1.54, 1.807) is 30.3 Å². The van der Waals surface area contributed by atoms with Crippen LogP contribution in [0.5, 0.6) is 0 Å². The average Bonchev–Trinajstić information content (AvgIpc) is 3.11. The first-order chi connectivity index (χ1) is 15.5. The zero-order chi connectivity index (χ0) is 22.2. The maximum atomic E-state index is 13.2. The molecule has 2 N–H and O–H groups in total. The number of nitrogens with zero attached hydrogens (tertiary/aromatic N) is 2. The number of carbonyl (C=O) groups is 1. The van der Waals surface area contributed by atoms with Crippen molar-refractivity contribution < 1.29 is 9.53 Å². The molecule has 1 saturated heterocycles. The van der Waals surface area contributed by atoms with Gasteiger partial charge in [-0.05, 0) is 35.4 Å². The number of carbonyl (C=O) groups excluding carboxylic acids is 1. The number of aromatic nitrogens is 2. The molecule has 0 spiro atoms. The third-order valence-corrected chi connectivity index (χ3v) is 5.99. The van der Waals surface area contributed by atoms with E-state index in [-0.39, 0.29) is 17.8 Å². The van der Waals surface area contributed by atoms with Gasteiger partial charge < -0.3 is 15.0 Å². The molecular formula is C23H21ClN4O4. The van der Waals surface area contributed by atoms with Crippen LogP contribution in [0.1, 0.15) is 21.5 Å². The number of halogens is 1. The Morgan fingerprint density at radius 1 is 1.09 bits per heavy atom. The summed E-state index contributed by atoms with van der Waals surface area (Å²) in [6.07, 6.45) is 1.31. The van der Waals surface area contributed by atoms with Crippen molar-refractivity contribution in [2.24, 2.45) is 0 Å². The minimum atomic E-state index is -0.532. The van der Waals surface area contributed by atoms with Gasteiger partial charge in [-0.1, -0.05) is 23.7 Å². The highest BCUT2D eigenvalue weighted by Crippen LogP contribution is 2.20. The van der Waals surface area contributed by atoms with Gasteiger partial charge >= 0.3 is 5.69 Å². The second-order valence-electron chi connectivity index (χ2n) is 7.91. The lowest BCUT2D eigenvalue weighted by Gasteiger charge is -2.26. The third-order valence-electron chi connectivity index (χ3n) is 5.74. The van der Waals surface area contributed by atoms with Gasteiger partial charge in [0, 0.05) is 42.8 Å². The molecule has 9 heteroatoms. The Morgan fingerprint density at radius 3 is 2.59 bits per heavy atom. The number of benzene rings is 2. The number of rotatable bonds is 5. The van der Waals surface area contributed by atoms with Crippen molar-refractivity contribution in [1.29, 1.82) is 0 Å². The lowest BCUT2D eigenvalue weighted by molar-refractivity contribution is 0.0342. The lowest BCUT2D eigenvalue weighted by Crippen LogP contribution is -2.35. The number of pyridine rings is 1. The molecule has 0 radical (unpaired) electrons. The zero-order valence-electron chi connectivity index (χ0n) is 17.2. The summed E-state index contributed by atoms with van der Waals surface area (Å²) in [6, 6.07) is 10.7. The Morgan fingerprint density at radius 2 is 1.84 bits per heavy atom. The van der Waals surface area contributed by atoms with Gasteiger partial charge in [-0.15, -0.1) is 0 Å². The lowest BCUT2D eigenvalue weighted by atomic mass is 10.1. The Labute approximate surface area is 187 Å². The third kappa shape index (κ3) is 3.88. The van der Waals surface area contributed by atoms with Crippen LogP contribution in [-0.2, 0) is 17.8 Å². The van der Waals surface area contributed by atoms with Crippen LogP contribution >= 0.6 is 11.6 Å². The molecule has 3 heterocycles. The first-order valence-corrected chi connectivity index (χ1v) is 10.7. The maximum Gasteiger partial charge on any atom is 0.330 e. The molecule has 2 aromatic carbocycles. The van der Waals surface area contributed by atoms with Crippen molar-refractivity contribution in [1.82, 2.24) is 19.6 Å². The number of H-pyrrole nitrogens is 1. The van der Waals surface area contributed by atoms with Crippen molar-refractivity contribution in [3.63, 3.8) is 0 Å². The number of amides is 1. The summed E-state index contributed by atoms with van der Waals surface area (Å²) in [7, 11) is 0. The molecule has 0 aliphatic carbocycles. The predicted octanol–water partition coefficient (Wildman–Crippen LogP) is 1.99. The quantitative estimate of drug-likeness (QED) is 0.483.